The average Bonchev–Trinajstić information content (AvgIpc) is 3.22. The number of piperidine rings is 1. The number of carbonyl (C=O) groups excluding carboxylic acids is 3. The lowest BCUT2D eigenvalue weighted by Crippen LogP contribution is -2.49. The smallest absolute Gasteiger partial charge is 0.264 e. The van der Waals surface area contributed by atoms with Crippen molar-refractivity contribution in [1.82, 2.24) is 4.90 Å². The van der Waals surface area contributed by atoms with E-state index in [0.717, 1.165) is 12.8 Å². The van der Waals surface area contributed by atoms with Crippen LogP contribution in [0.1, 0.15) is 35.9 Å². The van der Waals surface area contributed by atoms with Gasteiger partial charge in [0.25, 0.3) is 5.91 Å². The summed E-state index contributed by atoms with van der Waals surface area (Å²) in [6.07, 6.45) is 2.37. The van der Waals surface area contributed by atoms with Gasteiger partial charge in [0.15, 0.2) is 0 Å². The quantitative estimate of drug-likeness (QED) is 0.804. The van der Waals surface area contributed by atoms with Crippen molar-refractivity contribution in [2.24, 2.45) is 0 Å². The van der Waals surface area contributed by atoms with Crippen molar-refractivity contribution < 1.29 is 19.1 Å². The Morgan fingerprint density at radius 3 is 2.68 bits per heavy atom. The second kappa shape index (κ2) is 8.88. The van der Waals surface area contributed by atoms with E-state index in [1.807, 2.05) is 11.4 Å². The first kappa shape index (κ1) is 19.9. The molecule has 1 aliphatic heterocycles. The fraction of sp³-hybridized carbons (Fsp3) is 0.350. The van der Waals surface area contributed by atoms with Gasteiger partial charge in [-0.3, -0.25) is 14.4 Å². The van der Waals surface area contributed by atoms with Gasteiger partial charge in [-0.25, -0.2) is 0 Å². The fourth-order valence-corrected chi connectivity index (χ4v) is 3.97. The zero-order valence-corrected chi connectivity index (χ0v) is 16.7. The molecule has 2 aromatic rings. The zero-order valence-electron chi connectivity index (χ0n) is 15.9. The van der Waals surface area contributed by atoms with E-state index in [1.54, 1.807) is 29.2 Å². The number of ether oxygens (including phenoxy) is 1. The predicted octanol–water partition coefficient (Wildman–Crippen LogP) is 3.35. The number of hydrogen-bond acceptors (Lipinski definition) is 5. The fourth-order valence-electron chi connectivity index (χ4n) is 3.29. The van der Waals surface area contributed by atoms with Crippen molar-refractivity contribution in [2.75, 3.05) is 24.3 Å². The maximum Gasteiger partial charge on any atom is 0.264 e. The second-order valence-corrected chi connectivity index (χ2v) is 7.52. The number of anilines is 2. The van der Waals surface area contributed by atoms with Gasteiger partial charge in [0.05, 0.1) is 17.7 Å². The molecule has 1 aromatic carbocycles. The normalized spacial score (nSPS) is 16.4. The predicted molar refractivity (Wildman–Crippen MR) is 109 cm³/mol. The molecule has 0 unspecified atom stereocenters. The third-order valence-electron chi connectivity index (χ3n) is 4.58. The Morgan fingerprint density at radius 1 is 1.18 bits per heavy atom. The van der Waals surface area contributed by atoms with Crippen LogP contribution in [0.5, 0.6) is 5.75 Å². The van der Waals surface area contributed by atoms with Crippen molar-refractivity contribution >= 4 is 40.4 Å². The first-order valence-electron chi connectivity index (χ1n) is 9.10. The number of rotatable bonds is 5. The second-order valence-electron chi connectivity index (χ2n) is 6.57. The minimum atomic E-state index is -0.544. The van der Waals surface area contributed by atoms with E-state index in [0.29, 0.717) is 35.0 Å². The van der Waals surface area contributed by atoms with Crippen molar-refractivity contribution in [3.63, 3.8) is 0 Å². The van der Waals surface area contributed by atoms with Gasteiger partial charge in [0.2, 0.25) is 11.8 Å². The Labute approximate surface area is 167 Å². The minimum Gasteiger partial charge on any atom is -0.495 e. The number of hydrogen-bond donors (Lipinski definition) is 2. The SMILES string of the molecule is COc1ccc(NC(C)=O)cc1NC(=O)[C@@H]1CCCCN1C(=O)c1cccs1. The van der Waals surface area contributed by atoms with E-state index in [2.05, 4.69) is 10.6 Å². The maximum absolute atomic E-state index is 13.0. The lowest BCUT2D eigenvalue weighted by Gasteiger charge is -2.34. The average molecular weight is 401 g/mol. The van der Waals surface area contributed by atoms with Crippen molar-refractivity contribution in [1.29, 1.82) is 0 Å². The zero-order chi connectivity index (χ0) is 20.1. The molecule has 3 rings (SSSR count). The number of nitrogens with zero attached hydrogens (tertiary/aromatic N) is 1. The standard InChI is InChI=1S/C20H23N3O4S/c1-13(24)21-14-8-9-17(27-2)15(12-14)22-19(25)16-6-3-4-10-23(16)20(26)18-7-5-11-28-18/h5,7-9,11-12,16H,3-4,6,10H2,1-2H3,(H,21,24)(H,22,25)/t16-/m0/s1. The molecule has 1 aromatic heterocycles. The van der Waals surface area contributed by atoms with Crippen LogP contribution in [-0.4, -0.2) is 42.3 Å². The highest BCUT2D eigenvalue weighted by Crippen LogP contribution is 2.29. The van der Waals surface area contributed by atoms with Crippen molar-refractivity contribution in [3.05, 3.63) is 40.6 Å². The van der Waals surface area contributed by atoms with E-state index < -0.39 is 6.04 Å². The lowest BCUT2D eigenvalue weighted by molar-refractivity contribution is -0.121. The van der Waals surface area contributed by atoms with Gasteiger partial charge in [-0.1, -0.05) is 6.07 Å². The summed E-state index contributed by atoms with van der Waals surface area (Å²) < 4.78 is 5.32. The Balaban J connectivity index is 1.80. The van der Waals surface area contributed by atoms with Gasteiger partial charge in [-0.05, 0) is 48.9 Å². The molecule has 28 heavy (non-hydrogen) atoms. The number of amides is 3. The minimum absolute atomic E-state index is 0.117. The summed E-state index contributed by atoms with van der Waals surface area (Å²) in [5, 5.41) is 7.41. The molecule has 1 atom stereocenters. The van der Waals surface area contributed by atoms with Gasteiger partial charge < -0.3 is 20.3 Å². The molecule has 0 spiro atoms. The lowest BCUT2D eigenvalue weighted by atomic mass is 10.0. The van der Waals surface area contributed by atoms with Gasteiger partial charge in [0, 0.05) is 19.2 Å². The monoisotopic (exact) mass is 401 g/mol. The van der Waals surface area contributed by atoms with Crippen LogP contribution in [0.2, 0.25) is 0 Å². The summed E-state index contributed by atoms with van der Waals surface area (Å²) >= 11 is 1.37. The highest BCUT2D eigenvalue weighted by molar-refractivity contribution is 7.12. The topological polar surface area (TPSA) is 87.7 Å². The van der Waals surface area contributed by atoms with Crippen LogP contribution >= 0.6 is 11.3 Å². The van der Waals surface area contributed by atoms with Gasteiger partial charge in [-0.15, -0.1) is 11.3 Å². The van der Waals surface area contributed by atoms with Gasteiger partial charge in [0.1, 0.15) is 11.8 Å². The third-order valence-corrected chi connectivity index (χ3v) is 5.43. The Kier molecular flexibility index (Phi) is 6.30. The Hall–Kier alpha value is -2.87. The molecule has 0 saturated carbocycles. The molecule has 1 fully saturated rings. The number of thiophene rings is 1. The summed E-state index contributed by atoms with van der Waals surface area (Å²) in [4.78, 5) is 39.4. The summed E-state index contributed by atoms with van der Waals surface area (Å²) in [7, 11) is 1.51. The van der Waals surface area contributed by atoms with Crippen LogP contribution in [0, 0.1) is 0 Å². The van der Waals surface area contributed by atoms with E-state index in [9.17, 15) is 14.4 Å². The number of carbonyl (C=O) groups is 3. The molecule has 0 aliphatic carbocycles. The molecule has 1 saturated heterocycles. The molecular weight excluding hydrogens is 378 g/mol. The Morgan fingerprint density at radius 2 is 2.00 bits per heavy atom. The largest absolute Gasteiger partial charge is 0.495 e. The molecule has 7 nitrogen and oxygen atoms in total. The van der Waals surface area contributed by atoms with Crippen molar-refractivity contribution in [3.8, 4) is 5.75 Å². The van der Waals surface area contributed by atoms with E-state index in [-0.39, 0.29) is 17.7 Å². The first-order valence-corrected chi connectivity index (χ1v) is 9.98. The van der Waals surface area contributed by atoms with Crippen molar-refractivity contribution in [2.45, 2.75) is 32.2 Å². The van der Waals surface area contributed by atoms with Crippen LogP contribution in [-0.2, 0) is 9.59 Å². The molecule has 1 aliphatic rings. The molecule has 8 heteroatoms. The van der Waals surface area contributed by atoms with Crippen LogP contribution in [0.15, 0.2) is 35.7 Å². The van der Waals surface area contributed by atoms with Gasteiger partial charge >= 0.3 is 0 Å². The summed E-state index contributed by atoms with van der Waals surface area (Å²) in [6.45, 7) is 1.97. The third kappa shape index (κ3) is 4.51. The maximum atomic E-state index is 13.0. The highest BCUT2D eigenvalue weighted by Gasteiger charge is 2.33. The van der Waals surface area contributed by atoms with E-state index in [1.165, 1.54) is 25.4 Å². The highest BCUT2D eigenvalue weighted by atomic mass is 32.1. The summed E-state index contributed by atoms with van der Waals surface area (Å²) in [6, 6.07) is 8.08. The van der Waals surface area contributed by atoms with Crippen LogP contribution in [0.3, 0.4) is 0 Å². The molecule has 148 valence electrons. The molecule has 2 heterocycles. The van der Waals surface area contributed by atoms with Crippen LogP contribution in [0.4, 0.5) is 11.4 Å². The molecule has 0 bridgehead atoms. The van der Waals surface area contributed by atoms with Gasteiger partial charge in [-0.2, -0.15) is 0 Å². The summed E-state index contributed by atoms with van der Waals surface area (Å²) in [5.74, 6) is -0.103. The number of methoxy groups -OCH3 is 1. The summed E-state index contributed by atoms with van der Waals surface area (Å²) in [5.41, 5.74) is 1.01. The molecular formula is C20H23N3O4S. The van der Waals surface area contributed by atoms with E-state index in [4.69, 9.17) is 4.74 Å². The molecule has 3 amide bonds. The number of likely N-dealkylation sites (tertiary alicyclic amines) is 1. The number of benzene rings is 1. The molecule has 2 N–H and O–H groups in total. The van der Waals surface area contributed by atoms with Crippen LogP contribution in [0.25, 0.3) is 0 Å². The number of nitrogens with one attached hydrogen (secondary N) is 2. The first-order chi connectivity index (χ1) is 13.5. The Bertz CT molecular complexity index is 866. The van der Waals surface area contributed by atoms with E-state index >= 15 is 0 Å². The van der Waals surface area contributed by atoms with Crippen LogP contribution < -0.4 is 15.4 Å². The molecule has 0 radical (unpaired) electrons.